The van der Waals surface area contributed by atoms with Crippen molar-refractivity contribution in [1.29, 1.82) is 0 Å². The van der Waals surface area contributed by atoms with Gasteiger partial charge in [0.25, 0.3) is 0 Å². The normalized spacial score (nSPS) is 19.6. The van der Waals surface area contributed by atoms with Crippen LogP contribution in [0, 0.1) is 5.92 Å². The Morgan fingerprint density at radius 1 is 1.06 bits per heavy atom. The molecule has 0 spiro atoms. The third kappa shape index (κ3) is 5.14. The average Bonchev–Trinajstić information content (AvgIpc) is 3.16. The Kier molecular flexibility index (Phi) is 7.30. The maximum absolute atomic E-state index is 12.8. The number of amides is 2. The van der Waals surface area contributed by atoms with E-state index in [4.69, 9.17) is 4.74 Å². The molecule has 0 aliphatic heterocycles. The SMILES string of the molecule is CCC[C@H](NC(=O)OCC1c2ccccc2-c2ccccc21)C(=O)N[C@H]1C=CC[C@H](C(=O)O)C1. The number of alkyl carbamates (subject to hydrolysis) is 1. The molecule has 0 bridgehead atoms. The highest BCUT2D eigenvalue weighted by atomic mass is 16.5. The Labute approximate surface area is 199 Å². The van der Waals surface area contributed by atoms with Crippen molar-refractivity contribution in [3.05, 3.63) is 71.8 Å². The molecule has 0 radical (unpaired) electrons. The fraction of sp³-hybridized carbons (Fsp3) is 0.370. The Morgan fingerprint density at radius 3 is 2.32 bits per heavy atom. The number of carboxylic acid groups (broad SMARTS) is 1. The third-order valence-corrected chi connectivity index (χ3v) is 6.53. The lowest BCUT2D eigenvalue weighted by molar-refractivity contribution is -0.142. The first-order chi connectivity index (χ1) is 16.5. The number of allylic oxidation sites excluding steroid dienone is 1. The van der Waals surface area contributed by atoms with Gasteiger partial charge in [0.2, 0.25) is 5.91 Å². The Bertz CT molecular complexity index is 1050. The Morgan fingerprint density at radius 2 is 1.71 bits per heavy atom. The quantitative estimate of drug-likeness (QED) is 0.509. The molecule has 178 valence electrons. The number of nitrogens with one attached hydrogen (secondary N) is 2. The summed E-state index contributed by atoms with van der Waals surface area (Å²) in [6.45, 7) is 2.10. The highest BCUT2D eigenvalue weighted by Crippen LogP contribution is 2.44. The summed E-state index contributed by atoms with van der Waals surface area (Å²) in [6.07, 6.45) is 4.89. The van der Waals surface area contributed by atoms with Gasteiger partial charge >= 0.3 is 12.1 Å². The van der Waals surface area contributed by atoms with Crippen molar-refractivity contribution in [3.63, 3.8) is 0 Å². The molecule has 0 saturated heterocycles. The van der Waals surface area contributed by atoms with Gasteiger partial charge in [0, 0.05) is 12.0 Å². The van der Waals surface area contributed by atoms with Crippen molar-refractivity contribution in [1.82, 2.24) is 10.6 Å². The number of carboxylic acids is 1. The highest BCUT2D eigenvalue weighted by molar-refractivity contribution is 5.86. The first-order valence-electron chi connectivity index (χ1n) is 11.8. The van der Waals surface area contributed by atoms with Crippen LogP contribution in [0.4, 0.5) is 4.79 Å². The standard InChI is InChI=1S/C27H30N2O5/c1-2-8-24(25(30)28-18-10-7-9-17(15-18)26(31)32)29-27(33)34-16-23-21-13-5-3-11-19(21)20-12-4-6-14-22(20)23/h3-7,10-14,17-18,23-24H,2,8-9,15-16H2,1H3,(H,28,30)(H,29,33)(H,31,32)/t17-,18-,24-/m0/s1. The fourth-order valence-corrected chi connectivity index (χ4v) is 4.82. The lowest BCUT2D eigenvalue weighted by Crippen LogP contribution is -2.50. The van der Waals surface area contributed by atoms with Crippen LogP contribution in [0.25, 0.3) is 11.1 Å². The summed E-state index contributed by atoms with van der Waals surface area (Å²) in [4.78, 5) is 36.8. The van der Waals surface area contributed by atoms with Crippen LogP contribution in [0.5, 0.6) is 0 Å². The zero-order chi connectivity index (χ0) is 24.1. The molecule has 4 rings (SSSR count). The molecule has 2 aromatic rings. The summed E-state index contributed by atoms with van der Waals surface area (Å²) in [5.74, 6) is -1.78. The molecule has 2 aromatic carbocycles. The summed E-state index contributed by atoms with van der Waals surface area (Å²) < 4.78 is 5.58. The number of aliphatic carboxylic acids is 1. The van der Waals surface area contributed by atoms with Gasteiger partial charge in [0.05, 0.1) is 5.92 Å². The molecule has 0 aromatic heterocycles. The minimum atomic E-state index is -0.870. The van der Waals surface area contributed by atoms with E-state index in [-0.39, 0.29) is 24.5 Å². The van der Waals surface area contributed by atoms with Crippen LogP contribution in [0.3, 0.4) is 0 Å². The first kappa shape index (κ1) is 23.5. The van der Waals surface area contributed by atoms with E-state index in [1.54, 1.807) is 6.08 Å². The highest BCUT2D eigenvalue weighted by Gasteiger charge is 2.30. The summed E-state index contributed by atoms with van der Waals surface area (Å²) in [5, 5.41) is 14.8. The summed E-state index contributed by atoms with van der Waals surface area (Å²) >= 11 is 0. The molecule has 2 aliphatic carbocycles. The molecule has 0 saturated carbocycles. The molecule has 0 fully saturated rings. The number of carbonyl (C=O) groups is 3. The molecule has 2 amide bonds. The van der Waals surface area contributed by atoms with Gasteiger partial charge in [-0.15, -0.1) is 0 Å². The predicted molar refractivity (Wildman–Crippen MR) is 128 cm³/mol. The van der Waals surface area contributed by atoms with Crippen molar-refractivity contribution in [3.8, 4) is 11.1 Å². The van der Waals surface area contributed by atoms with E-state index in [1.165, 1.54) is 0 Å². The molecule has 2 aliphatic rings. The van der Waals surface area contributed by atoms with Gasteiger partial charge in [-0.1, -0.05) is 74.0 Å². The van der Waals surface area contributed by atoms with Crippen LogP contribution in [0.2, 0.25) is 0 Å². The zero-order valence-corrected chi connectivity index (χ0v) is 19.2. The van der Waals surface area contributed by atoms with Crippen LogP contribution in [-0.2, 0) is 14.3 Å². The van der Waals surface area contributed by atoms with Crippen LogP contribution in [0.1, 0.15) is 49.7 Å². The van der Waals surface area contributed by atoms with Gasteiger partial charge in [-0.2, -0.15) is 0 Å². The first-order valence-corrected chi connectivity index (χ1v) is 11.8. The lowest BCUT2D eigenvalue weighted by atomic mass is 9.91. The zero-order valence-electron chi connectivity index (χ0n) is 19.2. The van der Waals surface area contributed by atoms with E-state index >= 15 is 0 Å². The number of hydrogen-bond acceptors (Lipinski definition) is 4. The molecular weight excluding hydrogens is 432 g/mol. The molecule has 7 nitrogen and oxygen atoms in total. The van der Waals surface area contributed by atoms with Gasteiger partial charge in [0.1, 0.15) is 12.6 Å². The number of fused-ring (bicyclic) bond motifs is 3. The minimum Gasteiger partial charge on any atom is -0.481 e. The largest absolute Gasteiger partial charge is 0.481 e. The van der Waals surface area contributed by atoms with E-state index in [9.17, 15) is 19.5 Å². The molecule has 0 heterocycles. The molecule has 0 unspecified atom stereocenters. The summed E-state index contributed by atoms with van der Waals surface area (Å²) in [5.41, 5.74) is 4.54. The molecule has 3 atom stereocenters. The topological polar surface area (TPSA) is 105 Å². The number of hydrogen-bond donors (Lipinski definition) is 3. The van der Waals surface area contributed by atoms with Crippen molar-refractivity contribution in [2.75, 3.05) is 6.61 Å². The summed E-state index contributed by atoms with van der Waals surface area (Å²) in [7, 11) is 0. The minimum absolute atomic E-state index is 0.0584. The van der Waals surface area contributed by atoms with Gasteiger partial charge in [-0.25, -0.2) is 4.79 Å². The van der Waals surface area contributed by atoms with Gasteiger partial charge < -0.3 is 20.5 Å². The van der Waals surface area contributed by atoms with E-state index in [2.05, 4.69) is 34.9 Å². The van der Waals surface area contributed by atoms with Crippen LogP contribution in [0.15, 0.2) is 60.7 Å². The average molecular weight is 463 g/mol. The van der Waals surface area contributed by atoms with Crippen molar-refractivity contribution in [2.24, 2.45) is 5.92 Å². The van der Waals surface area contributed by atoms with E-state index in [0.29, 0.717) is 25.7 Å². The lowest BCUT2D eigenvalue weighted by Gasteiger charge is -2.25. The smallest absolute Gasteiger partial charge is 0.407 e. The molecule has 7 heteroatoms. The van der Waals surface area contributed by atoms with Crippen molar-refractivity contribution < 1.29 is 24.2 Å². The fourth-order valence-electron chi connectivity index (χ4n) is 4.82. The van der Waals surface area contributed by atoms with Gasteiger partial charge in [-0.05, 0) is 41.5 Å². The van der Waals surface area contributed by atoms with Gasteiger partial charge in [-0.3, -0.25) is 9.59 Å². The van der Waals surface area contributed by atoms with Crippen molar-refractivity contribution in [2.45, 2.75) is 50.6 Å². The van der Waals surface area contributed by atoms with E-state index in [0.717, 1.165) is 22.3 Å². The van der Waals surface area contributed by atoms with Crippen LogP contribution < -0.4 is 10.6 Å². The molecule has 34 heavy (non-hydrogen) atoms. The number of carbonyl (C=O) groups excluding carboxylic acids is 2. The van der Waals surface area contributed by atoms with E-state index in [1.807, 2.05) is 37.3 Å². The predicted octanol–water partition coefficient (Wildman–Crippen LogP) is 4.23. The third-order valence-electron chi connectivity index (χ3n) is 6.53. The second-order valence-electron chi connectivity index (χ2n) is 8.86. The van der Waals surface area contributed by atoms with Crippen LogP contribution >= 0.6 is 0 Å². The molecular formula is C27H30N2O5. The monoisotopic (exact) mass is 462 g/mol. The Balaban J connectivity index is 1.36. The van der Waals surface area contributed by atoms with E-state index < -0.39 is 24.0 Å². The van der Waals surface area contributed by atoms with Crippen molar-refractivity contribution >= 4 is 18.0 Å². The number of rotatable bonds is 8. The second-order valence-corrected chi connectivity index (χ2v) is 8.86. The van der Waals surface area contributed by atoms with Crippen LogP contribution in [-0.4, -0.2) is 41.8 Å². The maximum atomic E-state index is 12.8. The summed E-state index contributed by atoms with van der Waals surface area (Å²) in [6, 6.07) is 15.1. The number of ether oxygens (including phenoxy) is 1. The Hall–Kier alpha value is -3.61. The maximum Gasteiger partial charge on any atom is 0.407 e. The number of benzene rings is 2. The van der Waals surface area contributed by atoms with Gasteiger partial charge in [0.15, 0.2) is 0 Å². The second kappa shape index (κ2) is 10.5. The molecule has 3 N–H and O–H groups in total.